The summed E-state index contributed by atoms with van der Waals surface area (Å²) in [6, 6.07) is 20.6. The maximum absolute atomic E-state index is 14.1. The molecular weight excluding hydrogens is 610 g/mol. The number of amides is 2. The van der Waals surface area contributed by atoms with Gasteiger partial charge in [0.2, 0.25) is 21.8 Å². The fraction of sp³-hybridized carbons (Fsp3) is 0.333. The van der Waals surface area contributed by atoms with Gasteiger partial charge in [0, 0.05) is 29.5 Å². The predicted molar refractivity (Wildman–Crippen MR) is 162 cm³/mol. The van der Waals surface area contributed by atoms with E-state index in [0.29, 0.717) is 24.7 Å². The van der Waals surface area contributed by atoms with Gasteiger partial charge in [0.1, 0.15) is 25.8 Å². The number of carbonyl (C=O) groups excluding carboxylic acids is 2. The normalized spacial score (nSPS) is 13.4. The van der Waals surface area contributed by atoms with Crippen LogP contribution in [0.2, 0.25) is 0 Å². The van der Waals surface area contributed by atoms with E-state index >= 15 is 0 Å². The van der Waals surface area contributed by atoms with E-state index in [1.165, 1.54) is 4.90 Å². The van der Waals surface area contributed by atoms with Crippen molar-refractivity contribution in [2.45, 2.75) is 38.9 Å². The van der Waals surface area contributed by atoms with Crippen LogP contribution in [0.3, 0.4) is 0 Å². The molecule has 218 valence electrons. The molecule has 2 amide bonds. The molecule has 1 aliphatic rings. The number of hydrogen-bond donors (Lipinski definition) is 1. The zero-order valence-electron chi connectivity index (χ0n) is 23.2. The Hall–Kier alpha value is -3.57. The molecule has 1 heterocycles. The highest BCUT2D eigenvalue weighted by Crippen LogP contribution is 2.35. The van der Waals surface area contributed by atoms with Gasteiger partial charge in [-0.2, -0.15) is 0 Å². The van der Waals surface area contributed by atoms with Crippen molar-refractivity contribution in [2.24, 2.45) is 0 Å². The average Bonchev–Trinajstić information content (AvgIpc) is 2.93. The topological polar surface area (TPSA) is 105 Å². The van der Waals surface area contributed by atoms with Crippen molar-refractivity contribution in [1.82, 2.24) is 10.2 Å². The number of sulfonamides is 1. The van der Waals surface area contributed by atoms with Crippen molar-refractivity contribution in [3.63, 3.8) is 0 Å². The van der Waals surface area contributed by atoms with Crippen LogP contribution < -0.4 is 19.1 Å². The van der Waals surface area contributed by atoms with Gasteiger partial charge in [-0.1, -0.05) is 58.4 Å². The molecule has 9 nitrogen and oxygen atoms in total. The van der Waals surface area contributed by atoms with Crippen molar-refractivity contribution in [3.8, 4) is 11.5 Å². The van der Waals surface area contributed by atoms with Crippen LogP contribution in [0.1, 0.15) is 25.0 Å². The molecule has 0 radical (unpaired) electrons. The maximum Gasteiger partial charge on any atom is 0.244 e. The maximum atomic E-state index is 14.1. The van der Waals surface area contributed by atoms with E-state index in [9.17, 15) is 18.0 Å². The summed E-state index contributed by atoms with van der Waals surface area (Å²) in [5.74, 6) is 0.0611. The molecule has 1 aliphatic heterocycles. The lowest BCUT2D eigenvalue weighted by Gasteiger charge is -2.34. The van der Waals surface area contributed by atoms with E-state index in [1.54, 1.807) is 18.2 Å². The second kappa shape index (κ2) is 13.4. The Kier molecular flexibility index (Phi) is 9.93. The Morgan fingerprint density at radius 3 is 2.27 bits per heavy atom. The second-order valence-corrected chi connectivity index (χ2v) is 12.9. The third-order valence-electron chi connectivity index (χ3n) is 6.44. The minimum Gasteiger partial charge on any atom is -0.486 e. The minimum absolute atomic E-state index is 0.0973. The van der Waals surface area contributed by atoms with Gasteiger partial charge in [-0.15, -0.1) is 0 Å². The fourth-order valence-corrected chi connectivity index (χ4v) is 5.86. The highest BCUT2D eigenvalue weighted by molar-refractivity contribution is 9.10. The highest BCUT2D eigenvalue weighted by Gasteiger charge is 2.33. The van der Waals surface area contributed by atoms with Crippen molar-refractivity contribution in [2.75, 3.05) is 30.3 Å². The number of anilines is 1. The zero-order chi connectivity index (χ0) is 29.6. The molecule has 1 atom stereocenters. The number of nitrogens with zero attached hydrogens (tertiary/aromatic N) is 2. The van der Waals surface area contributed by atoms with Gasteiger partial charge in [0.25, 0.3) is 0 Å². The Morgan fingerprint density at radius 2 is 1.61 bits per heavy atom. The summed E-state index contributed by atoms with van der Waals surface area (Å²) in [6.07, 6.45) is 1.30. The Morgan fingerprint density at radius 1 is 0.927 bits per heavy atom. The summed E-state index contributed by atoms with van der Waals surface area (Å²) < 4.78 is 39.1. The SMILES string of the molecule is CC(C)NC(=O)[C@@H](Cc1ccccc1)N(Cc1cccc(Br)c1)C(=O)CN(c1ccc2c(c1)OCCO2)S(C)(=O)=O. The molecule has 41 heavy (non-hydrogen) atoms. The number of carbonyl (C=O) groups is 2. The Bertz CT molecular complexity index is 1480. The van der Waals surface area contributed by atoms with E-state index in [-0.39, 0.29) is 30.6 Å². The Labute approximate surface area is 249 Å². The summed E-state index contributed by atoms with van der Waals surface area (Å²) in [5.41, 5.74) is 1.92. The van der Waals surface area contributed by atoms with Gasteiger partial charge in [0.15, 0.2) is 11.5 Å². The van der Waals surface area contributed by atoms with Crippen molar-refractivity contribution < 1.29 is 27.5 Å². The number of nitrogens with one attached hydrogen (secondary N) is 1. The lowest BCUT2D eigenvalue weighted by Crippen LogP contribution is -2.54. The van der Waals surface area contributed by atoms with E-state index in [1.807, 2.05) is 68.4 Å². The van der Waals surface area contributed by atoms with Gasteiger partial charge in [0.05, 0.1) is 11.9 Å². The number of ether oxygens (including phenoxy) is 2. The molecule has 0 aromatic heterocycles. The van der Waals surface area contributed by atoms with Gasteiger partial charge in [-0.3, -0.25) is 13.9 Å². The molecule has 11 heteroatoms. The summed E-state index contributed by atoms with van der Waals surface area (Å²) in [4.78, 5) is 29.2. The van der Waals surface area contributed by atoms with Crippen molar-refractivity contribution >= 4 is 43.5 Å². The van der Waals surface area contributed by atoms with Crippen molar-refractivity contribution in [3.05, 3.63) is 88.4 Å². The van der Waals surface area contributed by atoms with E-state index in [0.717, 1.165) is 26.2 Å². The third-order valence-corrected chi connectivity index (χ3v) is 8.07. The second-order valence-electron chi connectivity index (χ2n) is 10.1. The zero-order valence-corrected chi connectivity index (χ0v) is 25.7. The predicted octanol–water partition coefficient (Wildman–Crippen LogP) is 4.15. The third kappa shape index (κ3) is 8.23. The molecule has 0 bridgehead atoms. The van der Waals surface area contributed by atoms with E-state index in [4.69, 9.17) is 9.47 Å². The number of hydrogen-bond acceptors (Lipinski definition) is 6. The monoisotopic (exact) mass is 643 g/mol. The van der Waals surface area contributed by atoms with Crippen LogP contribution in [-0.4, -0.2) is 63.2 Å². The number of benzene rings is 3. The molecule has 4 rings (SSSR count). The largest absolute Gasteiger partial charge is 0.486 e. The molecule has 0 aliphatic carbocycles. The number of rotatable bonds is 11. The molecule has 1 N–H and O–H groups in total. The van der Waals surface area contributed by atoms with Gasteiger partial charge in [-0.05, 0) is 49.2 Å². The first-order valence-electron chi connectivity index (χ1n) is 13.3. The average molecular weight is 645 g/mol. The standard InChI is InChI=1S/C30H34BrN3O6S/c1-21(2)32-30(36)26(17-22-8-5-4-6-9-22)33(19-23-10-7-11-24(31)16-23)29(35)20-34(41(3,37)38)25-12-13-27-28(18-25)40-15-14-39-27/h4-13,16,18,21,26H,14-15,17,19-20H2,1-3H3,(H,32,36)/t26-/m1/s1. The van der Waals surface area contributed by atoms with Crippen LogP contribution >= 0.6 is 15.9 Å². The van der Waals surface area contributed by atoms with Crippen LogP contribution in [0.15, 0.2) is 77.3 Å². The van der Waals surface area contributed by atoms with Gasteiger partial charge in [-0.25, -0.2) is 8.42 Å². The number of halogens is 1. The fourth-order valence-electron chi connectivity index (χ4n) is 4.57. The smallest absolute Gasteiger partial charge is 0.244 e. The first-order valence-corrected chi connectivity index (χ1v) is 15.9. The van der Waals surface area contributed by atoms with Gasteiger partial charge < -0.3 is 19.7 Å². The highest BCUT2D eigenvalue weighted by atomic mass is 79.9. The molecule has 0 unspecified atom stereocenters. The van der Waals surface area contributed by atoms with Crippen LogP contribution in [0.4, 0.5) is 5.69 Å². The summed E-state index contributed by atoms with van der Waals surface area (Å²) in [7, 11) is -3.90. The molecule has 0 spiro atoms. The molecule has 0 saturated carbocycles. The quantitative estimate of drug-likeness (QED) is 0.337. The van der Waals surface area contributed by atoms with E-state index < -0.39 is 28.5 Å². The number of fused-ring (bicyclic) bond motifs is 1. The Balaban J connectivity index is 1.73. The molecule has 0 saturated heterocycles. The molecule has 3 aromatic rings. The van der Waals surface area contributed by atoms with Crippen LogP contribution in [0.5, 0.6) is 11.5 Å². The lowest BCUT2D eigenvalue weighted by molar-refractivity contribution is -0.140. The van der Waals surface area contributed by atoms with Crippen molar-refractivity contribution in [1.29, 1.82) is 0 Å². The summed E-state index contributed by atoms with van der Waals surface area (Å²) in [6.45, 7) is 4.02. The summed E-state index contributed by atoms with van der Waals surface area (Å²) >= 11 is 3.48. The lowest BCUT2D eigenvalue weighted by atomic mass is 10.0. The first-order chi connectivity index (χ1) is 19.5. The molecule has 3 aromatic carbocycles. The summed E-state index contributed by atoms with van der Waals surface area (Å²) in [5, 5.41) is 2.94. The first kappa shape index (κ1) is 30.4. The van der Waals surface area contributed by atoms with Crippen LogP contribution in [-0.2, 0) is 32.6 Å². The van der Waals surface area contributed by atoms with Gasteiger partial charge >= 0.3 is 0 Å². The molecular formula is C30H34BrN3O6S. The van der Waals surface area contributed by atoms with E-state index in [2.05, 4.69) is 21.2 Å². The minimum atomic E-state index is -3.90. The van der Waals surface area contributed by atoms with Crippen LogP contribution in [0, 0.1) is 0 Å². The molecule has 0 fully saturated rings. The van der Waals surface area contributed by atoms with Crippen LogP contribution in [0.25, 0.3) is 0 Å².